The summed E-state index contributed by atoms with van der Waals surface area (Å²) < 4.78 is 8.34. The van der Waals surface area contributed by atoms with Gasteiger partial charge in [0.2, 0.25) is 5.82 Å². The van der Waals surface area contributed by atoms with Gasteiger partial charge in [-0.25, -0.2) is 19.4 Å². The molecule has 0 spiro atoms. The number of anilines is 1. The number of ether oxygens (including phenoxy) is 1. The van der Waals surface area contributed by atoms with Gasteiger partial charge < -0.3 is 14.7 Å². The molecule has 3 aliphatic rings. The predicted octanol–water partition coefficient (Wildman–Crippen LogP) is 4.73. The van der Waals surface area contributed by atoms with E-state index in [9.17, 15) is 4.79 Å². The Labute approximate surface area is 206 Å². The van der Waals surface area contributed by atoms with Crippen LogP contribution in [0, 0.1) is 5.92 Å². The van der Waals surface area contributed by atoms with Crippen molar-refractivity contribution in [3.63, 3.8) is 0 Å². The minimum atomic E-state index is -1.12. The summed E-state index contributed by atoms with van der Waals surface area (Å²) in [6.45, 7) is 1.30. The number of halogens is 2. The molecule has 34 heavy (non-hydrogen) atoms. The molecule has 0 radical (unpaired) electrons. The van der Waals surface area contributed by atoms with E-state index >= 15 is 0 Å². The van der Waals surface area contributed by atoms with Gasteiger partial charge in [-0.15, -0.1) is 0 Å². The maximum atomic E-state index is 11.0. The van der Waals surface area contributed by atoms with Crippen molar-refractivity contribution in [1.82, 2.24) is 19.7 Å². The van der Waals surface area contributed by atoms with Crippen LogP contribution in [0.2, 0.25) is 10.0 Å². The lowest BCUT2D eigenvalue weighted by Gasteiger charge is -2.32. The molecule has 3 aromatic rings. The summed E-state index contributed by atoms with van der Waals surface area (Å²) in [4.78, 5) is 21.2. The molecule has 1 N–H and O–H groups in total. The lowest BCUT2D eigenvalue weighted by Crippen LogP contribution is -2.38. The molecule has 0 amide bonds. The van der Waals surface area contributed by atoms with Crippen LogP contribution in [0.5, 0.6) is 0 Å². The Kier molecular flexibility index (Phi) is 5.47. The zero-order valence-electron chi connectivity index (χ0n) is 18.3. The summed E-state index contributed by atoms with van der Waals surface area (Å²) in [5.74, 6) is -0.381. The molecule has 2 saturated carbocycles. The van der Waals surface area contributed by atoms with E-state index < -0.39 is 5.97 Å². The quantitative estimate of drug-likeness (QED) is 0.502. The standard InChI is InChI=1S/C24H23Cl2N5O3/c25-18-2-1-3-19(26)22(18)31-20(17(10-29-31)13-4-5-13)12-34-21-7-15-6-14(21)11-30(15)16-8-27-23(24(32)33)28-9-16/h1-3,8-10,13-15,21H,4-7,11-12H2,(H,32,33)/t14-,15-,21+/m0/s1. The van der Waals surface area contributed by atoms with Crippen molar-refractivity contribution >= 4 is 34.9 Å². The van der Waals surface area contributed by atoms with Gasteiger partial charge in [-0.05, 0) is 49.3 Å². The average molecular weight is 500 g/mol. The van der Waals surface area contributed by atoms with Crippen molar-refractivity contribution in [2.24, 2.45) is 5.92 Å². The van der Waals surface area contributed by atoms with Crippen LogP contribution in [0.25, 0.3) is 5.69 Å². The van der Waals surface area contributed by atoms with Crippen LogP contribution in [-0.4, -0.2) is 49.5 Å². The summed E-state index contributed by atoms with van der Waals surface area (Å²) in [5.41, 5.74) is 3.80. The molecule has 0 unspecified atom stereocenters. The Morgan fingerprint density at radius 2 is 1.85 bits per heavy atom. The molecule has 8 nitrogen and oxygen atoms in total. The first-order chi connectivity index (χ1) is 16.5. The van der Waals surface area contributed by atoms with E-state index in [0.717, 1.165) is 30.8 Å². The van der Waals surface area contributed by atoms with Gasteiger partial charge in [0, 0.05) is 18.5 Å². The van der Waals surface area contributed by atoms with E-state index in [1.807, 2.05) is 29.1 Å². The maximum Gasteiger partial charge on any atom is 0.373 e. The van der Waals surface area contributed by atoms with Crippen LogP contribution in [0.3, 0.4) is 0 Å². The molecule has 3 atom stereocenters. The molecule has 2 aromatic heterocycles. The lowest BCUT2D eigenvalue weighted by atomic mass is 10.1. The number of aromatic carboxylic acids is 1. The van der Waals surface area contributed by atoms with Gasteiger partial charge in [0.15, 0.2) is 0 Å². The second kappa shape index (κ2) is 8.52. The highest BCUT2D eigenvalue weighted by molar-refractivity contribution is 6.37. The van der Waals surface area contributed by atoms with Crippen LogP contribution in [0.4, 0.5) is 5.69 Å². The van der Waals surface area contributed by atoms with E-state index in [2.05, 4.69) is 20.0 Å². The smallest absolute Gasteiger partial charge is 0.373 e. The minimum Gasteiger partial charge on any atom is -0.475 e. The Balaban J connectivity index is 1.17. The molecule has 1 saturated heterocycles. The molecular formula is C24H23Cl2N5O3. The number of aromatic nitrogens is 4. The molecular weight excluding hydrogens is 477 g/mol. The van der Waals surface area contributed by atoms with Gasteiger partial charge in [0.1, 0.15) is 5.69 Å². The SMILES string of the molecule is O=C(O)c1ncc(N2C[C@@H]3C[C@H]2C[C@H]3OCc2c(C3CC3)cnn2-c2c(Cl)cccc2Cl)cn1. The second-order valence-corrected chi connectivity index (χ2v) is 10.1. The Hall–Kier alpha value is -2.68. The van der Waals surface area contributed by atoms with Crippen LogP contribution in [-0.2, 0) is 11.3 Å². The minimum absolute atomic E-state index is 0.151. The largest absolute Gasteiger partial charge is 0.475 e. The third-order valence-electron chi connectivity index (χ3n) is 7.14. The highest BCUT2D eigenvalue weighted by Crippen LogP contribution is 2.45. The van der Waals surface area contributed by atoms with Crippen LogP contribution in [0.15, 0.2) is 36.8 Å². The van der Waals surface area contributed by atoms with Gasteiger partial charge in [-0.3, -0.25) is 0 Å². The van der Waals surface area contributed by atoms with Gasteiger partial charge in [-0.1, -0.05) is 29.3 Å². The lowest BCUT2D eigenvalue weighted by molar-refractivity contribution is 0.00992. The molecule has 3 heterocycles. The number of hydrogen-bond acceptors (Lipinski definition) is 6. The van der Waals surface area contributed by atoms with Crippen molar-refractivity contribution in [2.75, 3.05) is 11.4 Å². The van der Waals surface area contributed by atoms with Crippen molar-refractivity contribution in [3.8, 4) is 5.69 Å². The zero-order chi connectivity index (χ0) is 23.4. The summed E-state index contributed by atoms with van der Waals surface area (Å²) in [5, 5.41) is 14.8. The summed E-state index contributed by atoms with van der Waals surface area (Å²) in [6.07, 6.45) is 9.56. The summed E-state index contributed by atoms with van der Waals surface area (Å²) >= 11 is 13.0. The summed E-state index contributed by atoms with van der Waals surface area (Å²) in [7, 11) is 0. The van der Waals surface area contributed by atoms with E-state index in [4.69, 9.17) is 33.0 Å². The molecule has 176 valence electrons. The van der Waals surface area contributed by atoms with Crippen molar-refractivity contribution < 1.29 is 14.6 Å². The zero-order valence-corrected chi connectivity index (χ0v) is 19.8. The van der Waals surface area contributed by atoms with E-state index in [-0.39, 0.29) is 11.9 Å². The topological polar surface area (TPSA) is 93.4 Å². The normalized spacial score (nSPS) is 23.6. The number of carboxylic acids is 1. The van der Waals surface area contributed by atoms with Gasteiger partial charge >= 0.3 is 5.97 Å². The number of benzene rings is 1. The summed E-state index contributed by atoms with van der Waals surface area (Å²) in [6, 6.07) is 5.81. The van der Waals surface area contributed by atoms with E-state index in [1.165, 1.54) is 18.4 Å². The molecule has 1 aromatic carbocycles. The number of hydrogen-bond donors (Lipinski definition) is 1. The fourth-order valence-corrected chi connectivity index (χ4v) is 5.90. The highest BCUT2D eigenvalue weighted by Gasteiger charge is 2.45. The third-order valence-corrected chi connectivity index (χ3v) is 7.75. The number of carbonyl (C=O) groups is 1. The van der Waals surface area contributed by atoms with E-state index in [1.54, 1.807) is 12.4 Å². The third kappa shape index (κ3) is 3.83. The fourth-order valence-electron chi connectivity index (χ4n) is 5.34. The van der Waals surface area contributed by atoms with Crippen LogP contribution >= 0.6 is 23.2 Å². The van der Waals surface area contributed by atoms with Gasteiger partial charge in [-0.2, -0.15) is 5.10 Å². The molecule has 3 fully saturated rings. The molecule has 6 rings (SSSR count). The first kappa shape index (κ1) is 21.8. The number of piperidine rings is 1. The number of rotatable bonds is 7. The van der Waals surface area contributed by atoms with Crippen LogP contribution in [0.1, 0.15) is 53.5 Å². The first-order valence-electron chi connectivity index (χ1n) is 11.4. The van der Waals surface area contributed by atoms with Gasteiger partial charge in [0.05, 0.1) is 52.7 Å². The number of nitrogens with zero attached hydrogens (tertiary/aromatic N) is 5. The van der Waals surface area contributed by atoms with Gasteiger partial charge in [0.25, 0.3) is 0 Å². The van der Waals surface area contributed by atoms with Crippen molar-refractivity contribution in [3.05, 3.63) is 63.9 Å². The molecule has 1 aliphatic heterocycles. The predicted molar refractivity (Wildman–Crippen MR) is 127 cm³/mol. The Morgan fingerprint density at radius 3 is 2.47 bits per heavy atom. The second-order valence-electron chi connectivity index (χ2n) is 9.26. The van der Waals surface area contributed by atoms with Crippen molar-refractivity contribution in [2.45, 2.75) is 50.4 Å². The average Bonchev–Trinajstić information content (AvgIpc) is 3.28. The maximum absolute atomic E-state index is 11.0. The fraction of sp³-hybridized carbons (Fsp3) is 0.417. The monoisotopic (exact) mass is 499 g/mol. The Bertz CT molecular complexity index is 1220. The Morgan fingerprint density at radius 1 is 1.12 bits per heavy atom. The number of carboxylic acid groups (broad SMARTS) is 1. The molecule has 10 heteroatoms. The van der Waals surface area contributed by atoms with Crippen LogP contribution < -0.4 is 4.90 Å². The number of para-hydroxylation sites is 1. The number of fused-ring (bicyclic) bond motifs is 2. The van der Waals surface area contributed by atoms with Crippen molar-refractivity contribution in [1.29, 1.82) is 0 Å². The van der Waals surface area contributed by atoms with E-state index in [0.29, 0.717) is 40.2 Å². The highest BCUT2D eigenvalue weighted by atomic mass is 35.5. The molecule has 2 aliphatic carbocycles. The first-order valence-corrected chi connectivity index (χ1v) is 12.2. The molecule has 2 bridgehead atoms.